The number of benzene rings is 3. The first-order chi connectivity index (χ1) is 14.4. The van der Waals surface area contributed by atoms with Crippen LogP contribution in [0.2, 0.25) is 0 Å². The van der Waals surface area contributed by atoms with Crippen LogP contribution in [-0.4, -0.2) is 36.4 Å². The molecule has 0 saturated carbocycles. The van der Waals surface area contributed by atoms with Crippen molar-refractivity contribution in [2.45, 2.75) is 19.5 Å². The van der Waals surface area contributed by atoms with Gasteiger partial charge in [0.1, 0.15) is 11.8 Å². The summed E-state index contributed by atoms with van der Waals surface area (Å²) in [5, 5.41) is 4.69. The zero-order valence-corrected chi connectivity index (χ0v) is 19.9. The van der Waals surface area contributed by atoms with Crippen LogP contribution in [0.15, 0.2) is 69.6 Å². The Labute approximate surface area is 192 Å². The smallest absolute Gasteiger partial charge is 0.261 e. The second-order valence-electron chi connectivity index (χ2n) is 6.83. The highest BCUT2D eigenvalue weighted by atomic mass is 79.9. The molecule has 0 aromatic heterocycles. The third-order valence-corrected chi connectivity index (χ3v) is 6.21. The van der Waals surface area contributed by atoms with Crippen LogP contribution in [0.25, 0.3) is 10.8 Å². The van der Waals surface area contributed by atoms with Gasteiger partial charge in [-0.15, -0.1) is 0 Å². The fourth-order valence-electron chi connectivity index (χ4n) is 3.13. The Morgan fingerprint density at radius 2 is 1.73 bits per heavy atom. The molecule has 1 unspecified atom stereocenters. The van der Waals surface area contributed by atoms with Gasteiger partial charge in [-0.3, -0.25) is 9.59 Å². The zero-order valence-electron chi connectivity index (χ0n) is 16.7. The molecule has 1 N–H and O–H groups in total. The summed E-state index contributed by atoms with van der Waals surface area (Å²) in [6.07, 6.45) is 0. The Balaban J connectivity index is 1.78. The molecule has 2 amide bonds. The molecule has 0 radical (unpaired) electrons. The molecule has 3 aromatic carbocycles. The molecule has 7 heteroatoms. The van der Waals surface area contributed by atoms with Crippen molar-refractivity contribution >= 4 is 54.4 Å². The minimum atomic E-state index is -0.630. The summed E-state index contributed by atoms with van der Waals surface area (Å²) in [6, 6.07) is 18.7. The van der Waals surface area contributed by atoms with Gasteiger partial charge in [0.2, 0.25) is 5.91 Å². The van der Waals surface area contributed by atoms with Gasteiger partial charge < -0.3 is 15.0 Å². The number of halogens is 2. The number of rotatable bonds is 7. The molecule has 0 aliphatic heterocycles. The van der Waals surface area contributed by atoms with E-state index in [1.807, 2.05) is 60.7 Å². The highest BCUT2D eigenvalue weighted by Crippen LogP contribution is 2.33. The molecule has 0 saturated heterocycles. The van der Waals surface area contributed by atoms with E-state index in [-0.39, 0.29) is 18.4 Å². The van der Waals surface area contributed by atoms with Crippen LogP contribution in [0.3, 0.4) is 0 Å². The first kappa shape index (κ1) is 22.3. The maximum atomic E-state index is 13.0. The van der Waals surface area contributed by atoms with Gasteiger partial charge in [0.25, 0.3) is 5.91 Å². The van der Waals surface area contributed by atoms with Crippen molar-refractivity contribution in [2.75, 3.05) is 13.7 Å². The summed E-state index contributed by atoms with van der Waals surface area (Å²) >= 11 is 6.98. The number of hydrogen-bond acceptors (Lipinski definition) is 3. The molecule has 0 spiro atoms. The van der Waals surface area contributed by atoms with Gasteiger partial charge in [0, 0.05) is 18.1 Å². The van der Waals surface area contributed by atoms with Crippen LogP contribution < -0.4 is 10.1 Å². The van der Waals surface area contributed by atoms with Crippen molar-refractivity contribution in [3.05, 3.63) is 75.2 Å². The van der Waals surface area contributed by atoms with Gasteiger partial charge in [-0.25, -0.2) is 0 Å². The molecule has 1 atom stereocenters. The quantitative estimate of drug-likeness (QED) is 0.469. The van der Waals surface area contributed by atoms with E-state index < -0.39 is 6.04 Å². The molecule has 0 aliphatic carbocycles. The Kier molecular flexibility index (Phi) is 7.50. The monoisotopic (exact) mass is 532 g/mol. The number of likely N-dealkylation sites (N-methyl/N-ethyl adjacent to an activating group) is 1. The van der Waals surface area contributed by atoms with E-state index in [9.17, 15) is 9.59 Å². The number of carbonyl (C=O) groups excluding carboxylic acids is 2. The van der Waals surface area contributed by atoms with E-state index in [1.165, 1.54) is 4.90 Å². The minimum absolute atomic E-state index is 0.172. The van der Waals surface area contributed by atoms with Gasteiger partial charge in [-0.1, -0.05) is 58.4 Å². The van der Waals surface area contributed by atoms with Crippen LogP contribution in [0, 0.1) is 0 Å². The van der Waals surface area contributed by atoms with Gasteiger partial charge >= 0.3 is 0 Å². The molecule has 0 fully saturated rings. The Morgan fingerprint density at radius 3 is 2.43 bits per heavy atom. The fourth-order valence-corrected chi connectivity index (χ4v) is 4.00. The fraction of sp³-hybridized carbons (Fsp3) is 0.217. The first-order valence-electron chi connectivity index (χ1n) is 9.46. The van der Waals surface area contributed by atoms with Crippen molar-refractivity contribution in [1.82, 2.24) is 10.2 Å². The van der Waals surface area contributed by atoms with E-state index in [2.05, 4.69) is 37.2 Å². The number of nitrogens with zero attached hydrogens (tertiary/aromatic N) is 1. The summed E-state index contributed by atoms with van der Waals surface area (Å²) in [5.41, 5.74) is 0.925. The van der Waals surface area contributed by atoms with Gasteiger partial charge in [-0.2, -0.15) is 0 Å². The van der Waals surface area contributed by atoms with Crippen LogP contribution in [-0.2, 0) is 16.1 Å². The Morgan fingerprint density at radius 1 is 1.03 bits per heavy atom. The van der Waals surface area contributed by atoms with Crippen molar-refractivity contribution in [2.24, 2.45) is 0 Å². The van der Waals surface area contributed by atoms with Crippen LogP contribution in [0.1, 0.15) is 12.5 Å². The van der Waals surface area contributed by atoms with E-state index >= 15 is 0 Å². The Hall–Kier alpha value is -2.38. The van der Waals surface area contributed by atoms with Gasteiger partial charge in [0.05, 0.1) is 4.47 Å². The number of ether oxygens (including phenoxy) is 1. The molecule has 5 nitrogen and oxygen atoms in total. The summed E-state index contributed by atoms with van der Waals surface area (Å²) in [7, 11) is 1.56. The lowest BCUT2D eigenvalue weighted by molar-refractivity contribution is -0.142. The average molecular weight is 534 g/mol. The van der Waals surface area contributed by atoms with E-state index in [1.54, 1.807) is 14.0 Å². The lowest BCUT2D eigenvalue weighted by Gasteiger charge is -2.28. The van der Waals surface area contributed by atoms with E-state index in [4.69, 9.17) is 4.74 Å². The molecular formula is C23H22Br2N2O3. The third-order valence-electron chi connectivity index (χ3n) is 4.86. The Bertz CT molecular complexity index is 1050. The molecular weight excluding hydrogens is 512 g/mol. The minimum Gasteiger partial charge on any atom is -0.483 e. The summed E-state index contributed by atoms with van der Waals surface area (Å²) < 4.78 is 7.58. The van der Waals surface area contributed by atoms with E-state index in [0.717, 1.165) is 25.3 Å². The summed E-state index contributed by atoms with van der Waals surface area (Å²) in [6.45, 7) is 1.85. The van der Waals surface area contributed by atoms with Crippen molar-refractivity contribution in [3.8, 4) is 5.75 Å². The molecule has 0 bridgehead atoms. The molecule has 156 valence electrons. The normalized spacial score (nSPS) is 11.7. The van der Waals surface area contributed by atoms with Crippen molar-refractivity contribution in [1.29, 1.82) is 0 Å². The number of fused-ring (bicyclic) bond motifs is 1. The van der Waals surface area contributed by atoms with Crippen LogP contribution in [0.5, 0.6) is 5.75 Å². The molecule has 0 heterocycles. The van der Waals surface area contributed by atoms with Crippen molar-refractivity contribution in [3.63, 3.8) is 0 Å². The first-order valence-corrected chi connectivity index (χ1v) is 11.0. The highest BCUT2D eigenvalue weighted by molar-refractivity contribution is 9.11. The van der Waals surface area contributed by atoms with Crippen LogP contribution in [0.4, 0.5) is 0 Å². The number of hydrogen-bond donors (Lipinski definition) is 1. The third kappa shape index (κ3) is 5.21. The lowest BCUT2D eigenvalue weighted by Crippen LogP contribution is -2.48. The van der Waals surface area contributed by atoms with Gasteiger partial charge in [-0.05, 0) is 57.4 Å². The zero-order chi connectivity index (χ0) is 21.7. The number of nitrogens with one attached hydrogen (secondary N) is 1. The standard InChI is InChI=1S/C23H22Br2N2O3/c1-15(23(29)26-2)27(13-16-7-10-18(24)11-8-16)21(28)14-30-20-12-9-17-5-3-4-6-19(17)22(20)25/h3-12,15H,13-14H2,1-2H3,(H,26,29). The number of carbonyl (C=O) groups is 2. The second-order valence-corrected chi connectivity index (χ2v) is 8.53. The topological polar surface area (TPSA) is 58.6 Å². The van der Waals surface area contributed by atoms with E-state index in [0.29, 0.717) is 12.3 Å². The lowest BCUT2D eigenvalue weighted by atomic mass is 10.1. The molecule has 0 aliphatic rings. The second kappa shape index (κ2) is 10.1. The average Bonchev–Trinajstić information content (AvgIpc) is 2.77. The van der Waals surface area contributed by atoms with Crippen molar-refractivity contribution < 1.29 is 14.3 Å². The van der Waals surface area contributed by atoms with Gasteiger partial charge in [0.15, 0.2) is 6.61 Å². The SMILES string of the molecule is CNC(=O)C(C)N(Cc1ccc(Br)cc1)C(=O)COc1ccc2ccccc2c1Br. The predicted molar refractivity (Wildman–Crippen MR) is 125 cm³/mol. The molecule has 3 aromatic rings. The highest BCUT2D eigenvalue weighted by Gasteiger charge is 2.26. The summed E-state index contributed by atoms with van der Waals surface area (Å²) in [5.74, 6) is 0.0830. The maximum Gasteiger partial charge on any atom is 0.261 e. The summed E-state index contributed by atoms with van der Waals surface area (Å²) in [4.78, 5) is 26.8. The molecule has 3 rings (SSSR count). The van der Waals surface area contributed by atoms with Crippen LogP contribution >= 0.6 is 31.9 Å². The maximum absolute atomic E-state index is 13.0. The largest absolute Gasteiger partial charge is 0.483 e. The molecule has 30 heavy (non-hydrogen) atoms. The predicted octanol–water partition coefficient (Wildman–Crippen LogP) is 4.91. The number of amides is 2.